The second-order valence-corrected chi connectivity index (χ2v) is 3.90. The maximum Gasteiger partial charge on any atom is 0.230 e. The van der Waals surface area contributed by atoms with E-state index in [4.69, 9.17) is 10.3 Å². The average Bonchev–Trinajstić information content (AvgIpc) is 2.95. The monoisotopic (exact) mass is 262 g/mol. The number of benzene rings is 1. The van der Waals surface area contributed by atoms with E-state index in [0.717, 1.165) is 18.2 Å². The van der Waals surface area contributed by atoms with Crippen molar-refractivity contribution in [3.63, 3.8) is 0 Å². The second-order valence-electron chi connectivity index (χ2n) is 3.90. The van der Waals surface area contributed by atoms with Crippen molar-refractivity contribution in [2.45, 2.75) is 0 Å². The molecule has 2 aromatic heterocycles. The Kier molecular flexibility index (Phi) is 2.52. The van der Waals surface area contributed by atoms with E-state index in [1.165, 1.54) is 6.20 Å². The summed E-state index contributed by atoms with van der Waals surface area (Å²) in [6.45, 7) is 0. The molecular weight excluding hydrogens is 254 g/mol. The number of aromatic amines is 1. The smallest absolute Gasteiger partial charge is 0.230 e. The zero-order valence-corrected chi connectivity index (χ0v) is 9.52. The molecule has 2 heterocycles. The molecule has 96 valence electrons. The summed E-state index contributed by atoms with van der Waals surface area (Å²) in [4.78, 5) is 0. The largest absolute Gasteiger partial charge is 0.367 e. The van der Waals surface area contributed by atoms with Gasteiger partial charge in [0.1, 0.15) is 17.3 Å². The summed E-state index contributed by atoms with van der Waals surface area (Å²) in [7, 11) is 0. The SMILES string of the molecule is Nc1onc(-c2ccn[nH]2)c1-c1cc(F)cc(F)c1. The highest BCUT2D eigenvalue weighted by Crippen LogP contribution is 2.35. The van der Waals surface area contributed by atoms with Crippen LogP contribution in [0.4, 0.5) is 14.7 Å². The minimum absolute atomic E-state index is 0.0189. The third kappa shape index (κ3) is 1.95. The van der Waals surface area contributed by atoms with Gasteiger partial charge in [0, 0.05) is 12.3 Å². The maximum absolute atomic E-state index is 13.3. The van der Waals surface area contributed by atoms with Gasteiger partial charge in [0.25, 0.3) is 0 Å². The molecule has 0 aliphatic rings. The molecule has 5 nitrogen and oxygen atoms in total. The summed E-state index contributed by atoms with van der Waals surface area (Å²) in [5, 5.41) is 10.3. The first-order valence-corrected chi connectivity index (χ1v) is 5.36. The van der Waals surface area contributed by atoms with Crippen LogP contribution in [0, 0.1) is 11.6 Å². The van der Waals surface area contributed by atoms with E-state index in [2.05, 4.69) is 15.4 Å². The number of rotatable bonds is 2. The Morgan fingerprint density at radius 2 is 1.89 bits per heavy atom. The first kappa shape index (κ1) is 11.4. The molecule has 1 aromatic carbocycles. The summed E-state index contributed by atoms with van der Waals surface area (Å²) in [6.07, 6.45) is 1.52. The normalized spacial score (nSPS) is 10.8. The van der Waals surface area contributed by atoms with Gasteiger partial charge in [-0.1, -0.05) is 5.16 Å². The van der Waals surface area contributed by atoms with Crippen molar-refractivity contribution in [3.8, 4) is 22.5 Å². The molecule has 0 unspecified atom stereocenters. The highest BCUT2D eigenvalue weighted by molar-refractivity contribution is 5.85. The van der Waals surface area contributed by atoms with Gasteiger partial charge in [0.05, 0.1) is 11.3 Å². The highest BCUT2D eigenvalue weighted by Gasteiger charge is 2.19. The molecule has 3 aromatic rings. The van der Waals surface area contributed by atoms with E-state index in [9.17, 15) is 8.78 Å². The molecular formula is C12H8F2N4O. The number of nitrogens with two attached hydrogens (primary N) is 1. The van der Waals surface area contributed by atoms with Crippen LogP contribution >= 0.6 is 0 Å². The van der Waals surface area contributed by atoms with Crippen LogP contribution in [0.3, 0.4) is 0 Å². The van der Waals surface area contributed by atoms with Crippen molar-refractivity contribution in [2.24, 2.45) is 0 Å². The van der Waals surface area contributed by atoms with E-state index in [1.54, 1.807) is 6.07 Å². The van der Waals surface area contributed by atoms with E-state index in [1.807, 2.05) is 0 Å². The first-order chi connectivity index (χ1) is 9.15. The van der Waals surface area contributed by atoms with Crippen molar-refractivity contribution in [2.75, 3.05) is 5.73 Å². The molecule has 3 N–H and O–H groups in total. The van der Waals surface area contributed by atoms with Crippen LogP contribution in [0.25, 0.3) is 22.5 Å². The molecule has 0 fully saturated rings. The highest BCUT2D eigenvalue weighted by atomic mass is 19.1. The van der Waals surface area contributed by atoms with Crippen molar-refractivity contribution in [1.82, 2.24) is 15.4 Å². The van der Waals surface area contributed by atoms with Gasteiger partial charge in [-0.15, -0.1) is 0 Å². The number of aromatic nitrogens is 3. The Labute approximate surface area is 106 Å². The molecule has 19 heavy (non-hydrogen) atoms. The molecule has 0 aliphatic carbocycles. The standard InChI is InChI=1S/C12H8F2N4O/c13-7-3-6(4-8(14)5-7)10-11(18-19-12(10)15)9-1-2-16-17-9/h1-5H,15H2,(H,16,17). The molecule has 0 radical (unpaired) electrons. The lowest BCUT2D eigenvalue weighted by molar-refractivity contribution is 0.439. The van der Waals surface area contributed by atoms with Crippen molar-refractivity contribution in [1.29, 1.82) is 0 Å². The van der Waals surface area contributed by atoms with E-state index in [0.29, 0.717) is 17.0 Å². The Morgan fingerprint density at radius 3 is 2.53 bits per heavy atom. The molecule has 0 spiro atoms. The molecule has 7 heteroatoms. The summed E-state index contributed by atoms with van der Waals surface area (Å²) >= 11 is 0. The molecule has 3 rings (SSSR count). The first-order valence-electron chi connectivity index (χ1n) is 5.36. The van der Waals surface area contributed by atoms with Crippen molar-refractivity contribution < 1.29 is 13.3 Å². The Morgan fingerprint density at radius 1 is 1.16 bits per heavy atom. The Bertz CT molecular complexity index is 701. The minimum atomic E-state index is -0.703. The lowest BCUT2D eigenvalue weighted by Gasteiger charge is -2.02. The van der Waals surface area contributed by atoms with Crippen LogP contribution in [0.2, 0.25) is 0 Å². The van der Waals surface area contributed by atoms with Crippen LogP contribution in [0.15, 0.2) is 35.0 Å². The van der Waals surface area contributed by atoms with Crippen LogP contribution in [0.1, 0.15) is 0 Å². The van der Waals surface area contributed by atoms with Gasteiger partial charge < -0.3 is 10.3 Å². The number of nitrogens with zero attached hydrogens (tertiary/aromatic N) is 2. The lowest BCUT2D eigenvalue weighted by atomic mass is 10.0. The summed E-state index contributed by atoms with van der Waals surface area (Å²) in [6, 6.07) is 4.75. The van der Waals surface area contributed by atoms with Gasteiger partial charge in [0.15, 0.2) is 0 Å². The van der Waals surface area contributed by atoms with Gasteiger partial charge in [-0.2, -0.15) is 5.10 Å². The molecule has 0 bridgehead atoms. The van der Waals surface area contributed by atoms with Gasteiger partial charge >= 0.3 is 0 Å². The quantitative estimate of drug-likeness (QED) is 0.743. The predicted molar refractivity (Wildman–Crippen MR) is 63.8 cm³/mol. The number of nitrogens with one attached hydrogen (secondary N) is 1. The number of nitrogen functional groups attached to an aromatic ring is 1. The fraction of sp³-hybridized carbons (Fsp3) is 0. The number of hydrogen-bond donors (Lipinski definition) is 2. The van der Waals surface area contributed by atoms with Crippen LogP contribution < -0.4 is 5.73 Å². The molecule has 0 atom stereocenters. The molecule has 0 aliphatic heterocycles. The Hall–Kier alpha value is -2.70. The minimum Gasteiger partial charge on any atom is -0.367 e. The van der Waals surface area contributed by atoms with Gasteiger partial charge in [0.2, 0.25) is 5.88 Å². The van der Waals surface area contributed by atoms with E-state index in [-0.39, 0.29) is 11.4 Å². The van der Waals surface area contributed by atoms with Crippen LogP contribution in [0.5, 0.6) is 0 Å². The number of hydrogen-bond acceptors (Lipinski definition) is 4. The second kappa shape index (κ2) is 4.20. The molecule has 0 amide bonds. The average molecular weight is 262 g/mol. The third-order valence-corrected chi connectivity index (χ3v) is 2.63. The summed E-state index contributed by atoms with van der Waals surface area (Å²) < 4.78 is 31.4. The Balaban J connectivity index is 2.22. The zero-order valence-electron chi connectivity index (χ0n) is 9.52. The van der Waals surface area contributed by atoms with Crippen molar-refractivity contribution in [3.05, 3.63) is 42.1 Å². The zero-order chi connectivity index (χ0) is 13.4. The van der Waals surface area contributed by atoms with Crippen LogP contribution in [-0.4, -0.2) is 15.4 Å². The number of H-pyrrole nitrogens is 1. The van der Waals surface area contributed by atoms with Gasteiger partial charge in [-0.05, 0) is 23.8 Å². The van der Waals surface area contributed by atoms with Gasteiger partial charge in [-0.25, -0.2) is 8.78 Å². The van der Waals surface area contributed by atoms with Crippen molar-refractivity contribution >= 4 is 5.88 Å². The van der Waals surface area contributed by atoms with Crippen LogP contribution in [-0.2, 0) is 0 Å². The van der Waals surface area contributed by atoms with E-state index >= 15 is 0 Å². The summed E-state index contributed by atoms with van der Waals surface area (Å²) in [5.74, 6) is -1.42. The van der Waals surface area contributed by atoms with Gasteiger partial charge in [-0.3, -0.25) is 5.10 Å². The van der Waals surface area contributed by atoms with E-state index < -0.39 is 11.6 Å². The fourth-order valence-electron chi connectivity index (χ4n) is 1.85. The molecule has 0 saturated carbocycles. The summed E-state index contributed by atoms with van der Waals surface area (Å²) in [5.41, 5.74) is 7.13. The maximum atomic E-state index is 13.3. The third-order valence-electron chi connectivity index (χ3n) is 2.63. The lowest BCUT2D eigenvalue weighted by Crippen LogP contribution is -1.90. The number of halogens is 2. The fourth-order valence-corrected chi connectivity index (χ4v) is 1.85. The predicted octanol–water partition coefficient (Wildman–Crippen LogP) is 2.59. The molecule has 0 saturated heterocycles. The number of anilines is 1. The topological polar surface area (TPSA) is 80.7 Å².